The van der Waals surface area contributed by atoms with Crippen LogP contribution in [0.25, 0.3) is 0 Å². The number of rotatable bonds is 5. The van der Waals surface area contributed by atoms with Crippen LogP contribution in [0.4, 0.5) is 0 Å². The predicted octanol–water partition coefficient (Wildman–Crippen LogP) is 2.63. The number of carboxylic acid groups (broad SMARTS) is 1. The second kappa shape index (κ2) is 5.34. The lowest BCUT2D eigenvalue weighted by Crippen LogP contribution is -2.27. The molecular weight excluding hydrogens is 220 g/mol. The zero-order chi connectivity index (χ0) is 13.9. The molecule has 0 saturated heterocycles. The van der Waals surface area contributed by atoms with Crippen molar-refractivity contribution in [1.29, 1.82) is 0 Å². The van der Waals surface area contributed by atoms with Gasteiger partial charge in [0.15, 0.2) is 0 Å². The Morgan fingerprint density at radius 1 is 1.24 bits per heavy atom. The van der Waals surface area contributed by atoms with Crippen molar-refractivity contribution >= 4 is 11.9 Å². The van der Waals surface area contributed by atoms with Gasteiger partial charge in [-0.2, -0.15) is 0 Å². The molecule has 0 spiro atoms. The third-order valence-electron chi connectivity index (χ3n) is 3.18. The number of allylic oxidation sites excluding steroid dienone is 1. The van der Waals surface area contributed by atoms with Gasteiger partial charge in [-0.15, -0.1) is 0 Å². The van der Waals surface area contributed by atoms with Crippen LogP contribution in [0, 0.1) is 10.8 Å². The number of carbonyl (C=O) groups is 2. The van der Waals surface area contributed by atoms with Crippen molar-refractivity contribution in [1.82, 2.24) is 0 Å². The predicted molar refractivity (Wildman–Crippen MR) is 65.6 cm³/mol. The van der Waals surface area contributed by atoms with Crippen LogP contribution in [0.1, 0.15) is 41.0 Å². The fraction of sp³-hybridized carbons (Fsp3) is 0.692. The zero-order valence-corrected chi connectivity index (χ0v) is 11.5. The molecule has 0 aromatic rings. The van der Waals surface area contributed by atoms with E-state index in [1.165, 1.54) is 7.11 Å². The number of methoxy groups -OCH3 is 1. The maximum absolute atomic E-state index is 11.5. The van der Waals surface area contributed by atoms with E-state index in [-0.39, 0.29) is 5.97 Å². The highest BCUT2D eigenvalue weighted by Crippen LogP contribution is 2.30. The summed E-state index contributed by atoms with van der Waals surface area (Å²) in [6.07, 6.45) is 2.26. The lowest BCUT2D eigenvalue weighted by atomic mass is 9.81. The number of ether oxygens (including phenoxy) is 1. The van der Waals surface area contributed by atoms with Gasteiger partial charge in [-0.3, -0.25) is 9.59 Å². The minimum Gasteiger partial charge on any atom is -0.481 e. The first-order valence-corrected chi connectivity index (χ1v) is 5.54. The number of aliphatic carboxylic acids is 1. The molecule has 0 saturated carbocycles. The van der Waals surface area contributed by atoms with E-state index in [1.54, 1.807) is 40.7 Å². The third kappa shape index (κ3) is 3.88. The van der Waals surface area contributed by atoms with Crippen molar-refractivity contribution in [3.8, 4) is 0 Å². The molecule has 0 unspecified atom stereocenters. The van der Waals surface area contributed by atoms with E-state index in [2.05, 4.69) is 0 Å². The van der Waals surface area contributed by atoms with Gasteiger partial charge in [0.1, 0.15) is 0 Å². The van der Waals surface area contributed by atoms with Gasteiger partial charge in [0.2, 0.25) is 0 Å². The Morgan fingerprint density at radius 3 is 2.06 bits per heavy atom. The standard InChI is InChI=1S/C13H22O4/c1-9(13(4,5)10(14)15)7-8-12(2,3)11(16)17-6/h7H,8H2,1-6H3,(H,14,15). The summed E-state index contributed by atoms with van der Waals surface area (Å²) in [5, 5.41) is 9.06. The molecule has 0 amide bonds. The lowest BCUT2D eigenvalue weighted by molar-refractivity contribution is -0.150. The molecule has 0 heterocycles. The molecule has 98 valence electrons. The number of hydrogen-bond donors (Lipinski definition) is 1. The molecule has 0 aliphatic rings. The van der Waals surface area contributed by atoms with Gasteiger partial charge in [-0.25, -0.2) is 0 Å². The fourth-order valence-corrected chi connectivity index (χ4v) is 1.19. The van der Waals surface area contributed by atoms with Crippen molar-refractivity contribution in [3.05, 3.63) is 11.6 Å². The van der Waals surface area contributed by atoms with Crippen LogP contribution in [-0.4, -0.2) is 24.2 Å². The molecule has 0 fully saturated rings. The Labute approximate surface area is 103 Å². The molecule has 4 nitrogen and oxygen atoms in total. The number of carbonyl (C=O) groups excluding carboxylic acids is 1. The molecule has 0 radical (unpaired) electrons. The van der Waals surface area contributed by atoms with E-state index in [0.717, 1.165) is 5.57 Å². The van der Waals surface area contributed by atoms with E-state index in [4.69, 9.17) is 9.84 Å². The second-order valence-corrected chi connectivity index (χ2v) is 5.40. The summed E-state index contributed by atoms with van der Waals surface area (Å²) in [5.41, 5.74) is -0.807. The summed E-state index contributed by atoms with van der Waals surface area (Å²) < 4.78 is 4.70. The zero-order valence-electron chi connectivity index (χ0n) is 11.5. The molecule has 0 aliphatic carbocycles. The van der Waals surface area contributed by atoms with Crippen LogP contribution in [0.3, 0.4) is 0 Å². The van der Waals surface area contributed by atoms with Crippen molar-refractivity contribution in [2.75, 3.05) is 7.11 Å². The summed E-state index contributed by atoms with van der Waals surface area (Å²) in [5.74, 6) is -1.17. The van der Waals surface area contributed by atoms with E-state index in [9.17, 15) is 9.59 Å². The molecule has 0 bridgehead atoms. The summed E-state index contributed by atoms with van der Waals surface area (Å²) in [4.78, 5) is 22.5. The maximum atomic E-state index is 11.5. The average molecular weight is 242 g/mol. The monoisotopic (exact) mass is 242 g/mol. The number of hydrogen-bond acceptors (Lipinski definition) is 3. The Bertz CT molecular complexity index is 337. The highest BCUT2D eigenvalue weighted by molar-refractivity contribution is 5.78. The number of carboxylic acids is 1. The minimum atomic E-state index is -0.911. The van der Waals surface area contributed by atoms with Crippen LogP contribution in [0.5, 0.6) is 0 Å². The van der Waals surface area contributed by atoms with Crippen LogP contribution in [0.15, 0.2) is 11.6 Å². The molecule has 1 N–H and O–H groups in total. The van der Waals surface area contributed by atoms with Gasteiger partial charge in [0, 0.05) is 0 Å². The van der Waals surface area contributed by atoms with E-state index >= 15 is 0 Å². The highest BCUT2D eigenvalue weighted by atomic mass is 16.5. The van der Waals surface area contributed by atoms with Crippen molar-refractivity contribution in [2.45, 2.75) is 41.0 Å². The second-order valence-electron chi connectivity index (χ2n) is 5.40. The first-order chi connectivity index (χ1) is 7.55. The van der Waals surface area contributed by atoms with Crippen LogP contribution in [-0.2, 0) is 14.3 Å². The van der Waals surface area contributed by atoms with Gasteiger partial charge in [-0.05, 0) is 41.0 Å². The molecule has 0 aliphatic heterocycles. The average Bonchev–Trinajstić information content (AvgIpc) is 2.24. The van der Waals surface area contributed by atoms with Crippen molar-refractivity contribution in [3.63, 3.8) is 0 Å². The van der Waals surface area contributed by atoms with Gasteiger partial charge in [-0.1, -0.05) is 11.6 Å². The molecule has 0 rings (SSSR count). The largest absolute Gasteiger partial charge is 0.481 e. The normalized spacial score (nSPS) is 13.4. The van der Waals surface area contributed by atoms with E-state index in [0.29, 0.717) is 6.42 Å². The van der Waals surface area contributed by atoms with Crippen LogP contribution >= 0.6 is 0 Å². The SMILES string of the molecule is COC(=O)C(C)(C)CC=C(C)C(C)(C)C(=O)O. The van der Waals surface area contributed by atoms with Crippen LogP contribution < -0.4 is 0 Å². The molecule has 4 heteroatoms. The number of esters is 1. The molecule has 0 atom stereocenters. The Hall–Kier alpha value is -1.32. The molecule has 0 aromatic heterocycles. The fourth-order valence-electron chi connectivity index (χ4n) is 1.19. The first-order valence-electron chi connectivity index (χ1n) is 5.54. The molecular formula is C13H22O4. The Morgan fingerprint density at radius 2 is 1.71 bits per heavy atom. The summed E-state index contributed by atoms with van der Waals surface area (Å²) in [6.45, 7) is 8.60. The minimum absolute atomic E-state index is 0.297. The molecule has 0 aromatic carbocycles. The van der Waals surface area contributed by atoms with Crippen molar-refractivity contribution < 1.29 is 19.4 Å². The first kappa shape index (κ1) is 15.7. The van der Waals surface area contributed by atoms with Gasteiger partial charge < -0.3 is 9.84 Å². The summed E-state index contributed by atoms with van der Waals surface area (Å²) >= 11 is 0. The summed E-state index contributed by atoms with van der Waals surface area (Å²) in [6, 6.07) is 0. The smallest absolute Gasteiger partial charge is 0.313 e. The molecule has 17 heavy (non-hydrogen) atoms. The van der Waals surface area contributed by atoms with Crippen molar-refractivity contribution in [2.24, 2.45) is 10.8 Å². The Balaban J connectivity index is 4.86. The maximum Gasteiger partial charge on any atom is 0.313 e. The van der Waals surface area contributed by atoms with E-state index < -0.39 is 16.8 Å². The quantitative estimate of drug-likeness (QED) is 0.594. The van der Waals surface area contributed by atoms with E-state index in [1.807, 2.05) is 0 Å². The lowest BCUT2D eigenvalue weighted by Gasteiger charge is -2.23. The van der Waals surface area contributed by atoms with Crippen LogP contribution in [0.2, 0.25) is 0 Å². The topological polar surface area (TPSA) is 63.6 Å². The summed E-state index contributed by atoms with van der Waals surface area (Å²) in [7, 11) is 1.35. The third-order valence-corrected chi connectivity index (χ3v) is 3.18. The highest BCUT2D eigenvalue weighted by Gasteiger charge is 2.31. The van der Waals surface area contributed by atoms with Gasteiger partial charge in [0.05, 0.1) is 17.9 Å². The Kier molecular flexibility index (Phi) is 4.93. The van der Waals surface area contributed by atoms with Gasteiger partial charge >= 0.3 is 11.9 Å². The van der Waals surface area contributed by atoms with Gasteiger partial charge in [0.25, 0.3) is 0 Å².